The molecule has 0 saturated heterocycles. The maximum absolute atomic E-state index is 13.9. The van der Waals surface area contributed by atoms with Crippen LogP contribution in [0.5, 0.6) is 11.5 Å². The normalized spacial score (nSPS) is 16.5. The van der Waals surface area contributed by atoms with Crippen LogP contribution in [0, 0.1) is 13.8 Å². The van der Waals surface area contributed by atoms with Crippen LogP contribution in [0.25, 0.3) is 0 Å². The second-order valence-corrected chi connectivity index (χ2v) is 9.90. The summed E-state index contributed by atoms with van der Waals surface area (Å²) in [6.45, 7) is 3.74. The summed E-state index contributed by atoms with van der Waals surface area (Å²) in [7, 11) is 1.64. The van der Waals surface area contributed by atoms with Crippen LogP contribution in [0.3, 0.4) is 0 Å². The van der Waals surface area contributed by atoms with Gasteiger partial charge in [-0.3, -0.25) is 4.79 Å². The topological polar surface area (TPSA) is 58.6 Å². The quantitative estimate of drug-likeness (QED) is 0.310. The van der Waals surface area contributed by atoms with Gasteiger partial charge in [0.15, 0.2) is 0 Å². The van der Waals surface area contributed by atoms with Gasteiger partial charge in [-0.1, -0.05) is 66.2 Å². The van der Waals surface area contributed by atoms with Crippen LogP contribution in [0.15, 0.2) is 78.9 Å². The highest BCUT2D eigenvalue weighted by molar-refractivity contribution is 6.31. The van der Waals surface area contributed by atoms with Crippen molar-refractivity contribution in [2.24, 2.45) is 0 Å². The second-order valence-electron chi connectivity index (χ2n) is 9.49. The van der Waals surface area contributed by atoms with Gasteiger partial charge in [-0.2, -0.15) is 0 Å². The predicted molar refractivity (Wildman–Crippen MR) is 144 cm³/mol. The third-order valence-corrected chi connectivity index (χ3v) is 7.51. The minimum atomic E-state index is -0.934. The van der Waals surface area contributed by atoms with Crippen molar-refractivity contribution in [1.29, 1.82) is 0 Å². The SMILES string of the molecule is COc1ccc(CC2(c3cc(C)c(O)c(C)c3)C(=O)Nc3cc(Cc4ccccc4Cl)ccc32)cc1. The fraction of sp³-hybridized carbons (Fsp3) is 0.194. The molecule has 0 fully saturated rings. The Morgan fingerprint density at radius 1 is 0.917 bits per heavy atom. The smallest absolute Gasteiger partial charge is 0.239 e. The van der Waals surface area contributed by atoms with E-state index < -0.39 is 5.41 Å². The molecular formula is C31H28ClNO3. The first-order valence-corrected chi connectivity index (χ1v) is 12.3. The zero-order valence-electron chi connectivity index (χ0n) is 20.6. The molecule has 5 heteroatoms. The number of halogens is 1. The molecule has 1 aliphatic rings. The summed E-state index contributed by atoms with van der Waals surface area (Å²) in [4.78, 5) is 13.9. The number of phenolic OH excluding ortho intramolecular Hbond substituents is 1. The van der Waals surface area contributed by atoms with E-state index in [-0.39, 0.29) is 11.7 Å². The van der Waals surface area contributed by atoms with Crippen LogP contribution >= 0.6 is 11.6 Å². The number of ether oxygens (including phenoxy) is 1. The molecule has 1 unspecified atom stereocenters. The molecular weight excluding hydrogens is 470 g/mol. The molecule has 2 N–H and O–H groups in total. The molecule has 1 atom stereocenters. The van der Waals surface area contributed by atoms with E-state index in [1.54, 1.807) is 7.11 Å². The summed E-state index contributed by atoms with van der Waals surface area (Å²) >= 11 is 6.40. The van der Waals surface area contributed by atoms with Gasteiger partial charge in [0.25, 0.3) is 0 Å². The van der Waals surface area contributed by atoms with Crippen molar-refractivity contribution in [1.82, 2.24) is 0 Å². The number of rotatable bonds is 6. The number of hydrogen-bond donors (Lipinski definition) is 2. The summed E-state index contributed by atoms with van der Waals surface area (Å²) in [5.41, 5.74) is 6.28. The lowest BCUT2D eigenvalue weighted by Crippen LogP contribution is -2.38. The van der Waals surface area contributed by atoms with Crippen LogP contribution < -0.4 is 10.1 Å². The zero-order chi connectivity index (χ0) is 25.4. The molecule has 0 spiro atoms. The fourth-order valence-corrected chi connectivity index (χ4v) is 5.41. The number of benzene rings is 4. The number of aromatic hydroxyl groups is 1. The number of anilines is 1. The molecule has 1 aliphatic heterocycles. The van der Waals surface area contributed by atoms with Crippen LogP contribution in [0.1, 0.15) is 38.9 Å². The van der Waals surface area contributed by atoms with Crippen LogP contribution in [-0.2, 0) is 23.1 Å². The molecule has 0 radical (unpaired) electrons. The van der Waals surface area contributed by atoms with Gasteiger partial charge >= 0.3 is 0 Å². The van der Waals surface area contributed by atoms with E-state index in [1.807, 2.05) is 80.6 Å². The number of carbonyl (C=O) groups is 1. The molecule has 182 valence electrons. The maximum atomic E-state index is 13.9. The average molecular weight is 498 g/mol. The highest BCUT2D eigenvalue weighted by Crippen LogP contribution is 2.47. The van der Waals surface area contributed by atoms with E-state index in [0.717, 1.165) is 55.4 Å². The number of nitrogens with one attached hydrogen (secondary N) is 1. The van der Waals surface area contributed by atoms with Gasteiger partial charge in [0, 0.05) is 10.7 Å². The highest BCUT2D eigenvalue weighted by atomic mass is 35.5. The fourth-order valence-electron chi connectivity index (χ4n) is 5.21. The third-order valence-electron chi connectivity index (χ3n) is 7.14. The highest BCUT2D eigenvalue weighted by Gasteiger charge is 2.48. The Hall–Kier alpha value is -3.76. The van der Waals surface area contributed by atoms with E-state index in [1.165, 1.54) is 0 Å². The molecule has 5 rings (SSSR count). The van der Waals surface area contributed by atoms with Crippen molar-refractivity contribution < 1.29 is 14.6 Å². The van der Waals surface area contributed by atoms with Crippen LogP contribution in [0.2, 0.25) is 5.02 Å². The number of hydrogen-bond acceptors (Lipinski definition) is 3. The molecule has 4 aromatic carbocycles. The predicted octanol–water partition coefficient (Wildman–Crippen LogP) is 6.74. The van der Waals surface area contributed by atoms with Crippen LogP contribution in [-0.4, -0.2) is 18.1 Å². The van der Waals surface area contributed by atoms with Crippen LogP contribution in [0.4, 0.5) is 5.69 Å². The summed E-state index contributed by atoms with van der Waals surface area (Å²) in [5, 5.41) is 14.3. The van der Waals surface area contributed by atoms with Crippen molar-refractivity contribution in [3.05, 3.63) is 123 Å². The molecule has 4 nitrogen and oxygen atoms in total. The molecule has 4 aromatic rings. The molecule has 1 amide bonds. The zero-order valence-corrected chi connectivity index (χ0v) is 21.3. The van der Waals surface area contributed by atoms with Crippen molar-refractivity contribution in [3.8, 4) is 11.5 Å². The number of amides is 1. The van der Waals surface area contributed by atoms with E-state index >= 15 is 0 Å². The van der Waals surface area contributed by atoms with Gasteiger partial charge in [-0.05, 0) is 89.9 Å². The van der Waals surface area contributed by atoms with Gasteiger partial charge < -0.3 is 15.2 Å². The minimum absolute atomic E-state index is 0.0762. The standard InChI is InChI=1S/C31H28ClNO3/c1-19-14-24(15-20(2)29(19)34)31(18-21-8-11-25(36-3)12-9-21)26-13-10-22(17-28(26)33-30(31)35)16-23-6-4-5-7-27(23)32/h4-15,17,34H,16,18H2,1-3H3,(H,33,35). The Kier molecular flexibility index (Phi) is 6.23. The van der Waals surface area contributed by atoms with Gasteiger partial charge in [0.1, 0.15) is 16.9 Å². The Balaban J connectivity index is 1.63. The number of carbonyl (C=O) groups excluding carboxylic acids is 1. The monoisotopic (exact) mass is 497 g/mol. The molecule has 0 aliphatic carbocycles. The number of aryl methyl sites for hydroxylation is 2. The van der Waals surface area contributed by atoms with Crippen molar-refractivity contribution >= 4 is 23.2 Å². The average Bonchev–Trinajstić information content (AvgIpc) is 3.15. The van der Waals surface area contributed by atoms with E-state index in [0.29, 0.717) is 12.8 Å². The first-order valence-electron chi connectivity index (χ1n) is 11.9. The first kappa shape index (κ1) is 24.0. The maximum Gasteiger partial charge on any atom is 0.239 e. The number of phenols is 1. The van der Waals surface area contributed by atoms with Gasteiger partial charge in [0.2, 0.25) is 5.91 Å². The molecule has 1 heterocycles. The second kappa shape index (κ2) is 9.36. The minimum Gasteiger partial charge on any atom is -0.507 e. The summed E-state index contributed by atoms with van der Waals surface area (Å²) in [5.74, 6) is 0.948. The summed E-state index contributed by atoms with van der Waals surface area (Å²) < 4.78 is 5.32. The molecule has 36 heavy (non-hydrogen) atoms. The van der Waals surface area contributed by atoms with Gasteiger partial charge in [-0.25, -0.2) is 0 Å². The van der Waals surface area contributed by atoms with Crippen molar-refractivity contribution in [2.45, 2.75) is 32.1 Å². The van der Waals surface area contributed by atoms with Crippen molar-refractivity contribution in [3.63, 3.8) is 0 Å². The van der Waals surface area contributed by atoms with Gasteiger partial charge in [-0.15, -0.1) is 0 Å². The Morgan fingerprint density at radius 3 is 2.25 bits per heavy atom. The van der Waals surface area contributed by atoms with Crippen molar-refractivity contribution in [2.75, 3.05) is 12.4 Å². The van der Waals surface area contributed by atoms with Gasteiger partial charge in [0.05, 0.1) is 7.11 Å². The lowest BCUT2D eigenvalue weighted by molar-refractivity contribution is -0.119. The van der Waals surface area contributed by atoms with E-state index in [2.05, 4.69) is 17.4 Å². The summed E-state index contributed by atoms with van der Waals surface area (Å²) in [6, 6.07) is 25.7. The summed E-state index contributed by atoms with van der Waals surface area (Å²) in [6.07, 6.45) is 1.15. The number of fused-ring (bicyclic) bond motifs is 1. The lowest BCUT2D eigenvalue weighted by atomic mass is 9.70. The molecule has 0 saturated carbocycles. The third kappa shape index (κ3) is 4.12. The number of methoxy groups -OCH3 is 1. The Morgan fingerprint density at radius 2 is 1.58 bits per heavy atom. The van der Waals surface area contributed by atoms with E-state index in [4.69, 9.17) is 16.3 Å². The lowest BCUT2D eigenvalue weighted by Gasteiger charge is -2.30. The largest absolute Gasteiger partial charge is 0.507 e. The molecule has 0 bridgehead atoms. The molecule has 0 aromatic heterocycles. The van der Waals surface area contributed by atoms with E-state index in [9.17, 15) is 9.90 Å². The Labute approximate surface area is 216 Å². The Bertz CT molecular complexity index is 1440. The first-order chi connectivity index (χ1) is 17.3.